The topological polar surface area (TPSA) is 67.1 Å². The van der Waals surface area contributed by atoms with Gasteiger partial charge in [-0.15, -0.1) is 10.2 Å². The highest BCUT2D eigenvalue weighted by atomic mass is 15.3. The zero-order valence-electron chi connectivity index (χ0n) is 17.1. The molecule has 6 heteroatoms. The van der Waals surface area contributed by atoms with Crippen molar-refractivity contribution in [2.75, 3.05) is 6.54 Å². The maximum Gasteiger partial charge on any atom is 0.191 e. The lowest BCUT2D eigenvalue weighted by Crippen LogP contribution is -2.46. The first kappa shape index (κ1) is 19.0. The number of nitrogens with zero attached hydrogens (tertiary/aromatic N) is 4. The number of hydrogen-bond donors (Lipinski definition) is 2. The van der Waals surface area contributed by atoms with Gasteiger partial charge in [0.2, 0.25) is 0 Å². The van der Waals surface area contributed by atoms with Crippen molar-refractivity contribution in [3.63, 3.8) is 0 Å². The van der Waals surface area contributed by atoms with Crippen molar-refractivity contribution in [3.8, 4) is 0 Å². The standard InChI is InChI=1S/C22H32N6/c1-3-21-27-25-15-28(21)11-10-23-22(24-14-17-6-4-16(2)5-7-17)26-20-13-18-8-9-19(20)12-18/h4-7,15,18-20H,3,8-14H2,1-2H3,(H2,23,24,26). The Hall–Kier alpha value is -2.37. The summed E-state index contributed by atoms with van der Waals surface area (Å²) in [5.74, 6) is 3.70. The Labute approximate surface area is 167 Å². The number of fused-ring (bicyclic) bond motifs is 2. The molecule has 4 rings (SSSR count). The molecule has 1 aromatic heterocycles. The monoisotopic (exact) mass is 380 g/mol. The number of aliphatic imine (C=N–C) groups is 1. The second kappa shape index (κ2) is 8.76. The molecule has 3 atom stereocenters. The van der Waals surface area contributed by atoms with Crippen molar-refractivity contribution < 1.29 is 0 Å². The van der Waals surface area contributed by atoms with Gasteiger partial charge < -0.3 is 15.2 Å². The second-order valence-corrected chi connectivity index (χ2v) is 8.30. The van der Waals surface area contributed by atoms with Crippen molar-refractivity contribution in [1.29, 1.82) is 0 Å². The van der Waals surface area contributed by atoms with Gasteiger partial charge in [0.15, 0.2) is 5.96 Å². The van der Waals surface area contributed by atoms with Crippen LogP contribution in [0.5, 0.6) is 0 Å². The van der Waals surface area contributed by atoms with Gasteiger partial charge in [0.1, 0.15) is 12.2 Å². The Bertz CT molecular complexity index is 794. The minimum Gasteiger partial charge on any atom is -0.355 e. The summed E-state index contributed by atoms with van der Waals surface area (Å²) in [6.45, 7) is 6.58. The molecule has 2 aliphatic rings. The average molecular weight is 381 g/mol. The normalized spacial score (nSPS) is 23.9. The number of rotatable bonds is 7. The first-order chi connectivity index (χ1) is 13.7. The Morgan fingerprint density at radius 3 is 2.79 bits per heavy atom. The fourth-order valence-corrected chi connectivity index (χ4v) is 4.65. The van der Waals surface area contributed by atoms with Crippen LogP contribution in [0.2, 0.25) is 0 Å². The van der Waals surface area contributed by atoms with E-state index in [-0.39, 0.29) is 0 Å². The van der Waals surface area contributed by atoms with E-state index in [1.54, 1.807) is 0 Å². The molecule has 6 nitrogen and oxygen atoms in total. The highest BCUT2D eigenvalue weighted by Gasteiger charge is 2.39. The van der Waals surface area contributed by atoms with E-state index < -0.39 is 0 Å². The van der Waals surface area contributed by atoms with Gasteiger partial charge in [-0.1, -0.05) is 43.2 Å². The molecule has 2 saturated carbocycles. The second-order valence-electron chi connectivity index (χ2n) is 8.30. The van der Waals surface area contributed by atoms with Crippen LogP contribution in [0.15, 0.2) is 35.6 Å². The van der Waals surface area contributed by atoms with Crippen molar-refractivity contribution in [3.05, 3.63) is 47.5 Å². The molecule has 2 fully saturated rings. The van der Waals surface area contributed by atoms with Gasteiger partial charge in [-0.25, -0.2) is 4.99 Å². The van der Waals surface area contributed by atoms with Crippen LogP contribution in [-0.2, 0) is 19.5 Å². The van der Waals surface area contributed by atoms with Crippen LogP contribution in [0.25, 0.3) is 0 Å². The molecular formula is C22H32N6. The van der Waals surface area contributed by atoms with Gasteiger partial charge in [-0.3, -0.25) is 0 Å². The average Bonchev–Trinajstić information content (AvgIpc) is 3.44. The first-order valence-corrected chi connectivity index (χ1v) is 10.7. The number of aromatic nitrogens is 3. The number of nitrogens with one attached hydrogen (secondary N) is 2. The van der Waals surface area contributed by atoms with E-state index in [0.717, 1.165) is 43.1 Å². The number of aryl methyl sites for hydroxylation is 2. The van der Waals surface area contributed by atoms with Gasteiger partial charge >= 0.3 is 0 Å². The molecule has 0 saturated heterocycles. The summed E-state index contributed by atoms with van der Waals surface area (Å²) in [5.41, 5.74) is 2.53. The molecule has 150 valence electrons. The molecule has 1 aromatic carbocycles. The largest absolute Gasteiger partial charge is 0.355 e. The van der Waals surface area contributed by atoms with Crippen LogP contribution in [0.4, 0.5) is 0 Å². The van der Waals surface area contributed by atoms with Crippen molar-refractivity contribution >= 4 is 5.96 Å². The highest BCUT2D eigenvalue weighted by molar-refractivity contribution is 5.80. The summed E-state index contributed by atoms with van der Waals surface area (Å²) >= 11 is 0. The van der Waals surface area contributed by atoms with Gasteiger partial charge in [0.05, 0.1) is 6.54 Å². The predicted molar refractivity (Wildman–Crippen MR) is 112 cm³/mol. The quantitative estimate of drug-likeness (QED) is 0.572. The lowest BCUT2D eigenvalue weighted by atomic mass is 9.95. The molecule has 0 aliphatic heterocycles. The molecule has 2 aliphatic carbocycles. The van der Waals surface area contributed by atoms with Crippen molar-refractivity contribution in [1.82, 2.24) is 25.4 Å². The smallest absolute Gasteiger partial charge is 0.191 e. The Kier molecular flexibility index (Phi) is 5.93. The summed E-state index contributed by atoms with van der Waals surface area (Å²) in [6.07, 6.45) is 8.18. The Morgan fingerprint density at radius 2 is 2.07 bits per heavy atom. The Morgan fingerprint density at radius 1 is 1.21 bits per heavy atom. The zero-order valence-corrected chi connectivity index (χ0v) is 17.1. The minimum atomic E-state index is 0.573. The number of hydrogen-bond acceptors (Lipinski definition) is 3. The summed E-state index contributed by atoms with van der Waals surface area (Å²) in [7, 11) is 0. The third kappa shape index (κ3) is 4.54. The summed E-state index contributed by atoms with van der Waals surface area (Å²) in [4.78, 5) is 4.89. The third-order valence-electron chi connectivity index (χ3n) is 6.26. The van der Waals surface area contributed by atoms with E-state index in [1.807, 2.05) is 6.33 Å². The molecule has 2 bridgehead atoms. The van der Waals surface area contributed by atoms with E-state index >= 15 is 0 Å². The molecular weight excluding hydrogens is 348 g/mol. The highest BCUT2D eigenvalue weighted by Crippen LogP contribution is 2.44. The lowest BCUT2D eigenvalue weighted by molar-refractivity contribution is 0.387. The van der Waals surface area contributed by atoms with Gasteiger partial charge in [0, 0.05) is 25.6 Å². The SMILES string of the molecule is CCc1nncn1CCNC(=NCc1ccc(C)cc1)NC1CC2CCC1C2. The lowest BCUT2D eigenvalue weighted by Gasteiger charge is -2.25. The molecule has 2 aromatic rings. The molecule has 0 amide bonds. The van der Waals surface area contributed by atoms with Crippen LogP contribution in [0.1, 0.15) is 49.6 Å². The van der Waals surface area contributed by atoms with E-state index in [0.29, 0.717) is 12.6 Å². The van der Waals surface area contributed by atoms with E-state index in [1.165, 1.54) is 36.8 Å². The van der Waals surface area contributed by atoms with Crippen LogP contribution >= 0.6 is 0 Å². The first-order valence-electron chi connectivity index (χ1n) is 10.7. The van der Waals surface area contributed by atoms with Crippen LogP contribution in [-0.4, -0.2) is 33.3 Å². The van der Waals surface area contributed by atoms with Crippen molar-refractivity contribution in [2.24, 2.45) is 16.8 Å². The summed E-state index contributed by atoms with van der Waals surface area (Å²) < 4.78 is 2.11. The van der Waals surface area contributed by atoms with Crippen molar-refractivity contribution in [2.45, 2.75) is 65.1 Å². The number of guanidine groups is 1. The fraction of sp³-hybridized carbons (Fsp3) is 0.591. The van der Waals surface area contributed by atoms with Crippen LogP contribution in [0.3, 0.4) is 0 Å². The summed E-state index contributed by atoms with van der Waals surface area (Å²) in [5, 5.41) is 15.5. The minimum absolute atomic E-state index is 0.573. The Balaban J connectivity index is 1.38. The molecule has 0 radical (unpaired) electrons. The van der Waals surface area contributed by atoms with E-state index in [4.69, 9.17) is 4.99 Å². The maximum atomic E-state index is 4.89. The summed E-state index contributed by atoms with van der Waals surface area (Å²) in [6, 6.07) is 9.21. The van der Waals surface area contributed by atoms with E-state index in [2.05, 4.69) is 63.5 Å². The third-order valence-corrected chi connectivity index (χ3v) is 6.26. The maximum absolute atomic E-state index is 4.89. The molecule has 1 heterocycles. The molecule has 28 heavy (non-hydrogen) atoms. The molecule has 2 N–H and O–H groups in total. The van der Waals surface area contributed by atoms with Gasteiger partial charge in [-0.2, -0.15) is 0 Å². The van der Waals surface area contributed by atoms with Crippen LogP contribution < -0.4 is 10.6 Å². The van der Waals surface area contributed by atoms with E-state index in [9.17, 15) is 0 Å². The van der Waals surface area contributed by atoms with Gasteiger partial charge in [0.25, 0.3) is 0 Å². The van der Waals surface area contributed by atoms with Crippen LogP contribution in [0, 0.1) is 18.8 Å². The van der Waals surface area contributed by atoms with Gasteiger partial charge in [-0.05, 0) is 43.6 Å². The number of benzene rings is 1. The molecule has 3 unspecified atom stereocenters. The fourth-order valence-electron chi connectivity index (χ4n) is 4.65. The zero-order chi connectivity index (χ0) is 19.3. The predicted octanol–water partition coefficient (Wildman–Crippen LogP) is 3.07. The molecule has 0 spiro atoms.